The highest BCUT2D eigenvalue weighted by atomic mass is 32.2. The molecule has 0 aliphatic heterocycles. The SMILES string of the molecule is CCCCCC[C@@H](O)CC=CCCCCCCC(C(=O)O)S(=O)(=O)O. The zero-order chi connectivity index (χ0) is 19.1. The minimum atomic E-state index is -4.52. The summed E-state index contributed by atoms with van der Waals surface area (Å²) in [4.78, 5) is 10.8. The molecule has 0 bridgehead atoms. The second kappa shape index (κ2) is 14.3. The van der Waals surface area contributed by atoms with Crippen LogP contribution in [0.5, 0.6) is 0 Å². The fourth-order valence-corrected chi connectivity index (χ4v) is 3.36. The van der Waals surface area contributed by atoms with Gasteiger partial charge < -0.3 is 10.2 Å². The van der Waals surface area contributed by atoms with Crippen molar-refractivity contribution >= 4 is 16.1 Å². The minimum absolute atomic E-state index is 0.0613. The van der Waals surface area contributed by atoms with Crippen LogP contribution in [0.4, 0.5) is 0 Å². The van der Waals surface area contributed by atoms with Crippen molar-refractivity contribution < 1.29 is 28.0 Å². The summed E-state index contributed by atoms with van der Waals surface area (Å²) in [5, 5.41) is 16.9. The van der Waals surface area contributed by atoms with Crippen molar-refractivity contribution in [3.05, 3.63) is 12.2 Å². The maximum absolute atomic E-state index is 10.9. The number of unbranched alkanes of at least 4 members (excludes halogenated alkanes) is 7. The zero-order valence-electron chi connectivity index (χ0n) is 15.3. The molecule has 0 fully saturated rings. The van der Waals surface area contributed by atoms with Crippen molar-refractivity contribution in [1.82, 2.24) is 0 Å². The summed E-state index contributed by atoms with van der Waals surface area (Å²) in [7, 11) is -4.52. The third kappa shape index (κ3) is 14.0. The molecule has 0 rings (SSSR count). The van der Waals surface area contributed by atoms with Gasteiger partial charge in [0.2, 0.25) is 0 Å². The van der Waals surface area contributed by atoms with E-state index in [9.17, 15) is 18.3 Å². The van der Waals surface area contributed by atoms with E-state index in [2.05, 4.69) is 6.92 Å². The van der Waals surface area contributed by atoms with Crippen LogP contribution in [0.15, 0.2) is 12.2 Å². The topological polar surface area (TPSA) is 112 Å². The summed E-state index contributed by atoms with van der Waals surface area (Å²) in [5.41, 5.74) is 0. The Labute approximate surface area is 152 Å². The van der Waals surface area contributed by atoms with Crippen LogP contribution in [-0.2, 0) is 14.9 Å². The summed E-state index contributed by atoms with van der Waals surface area (Å²) >= 11 is 0. The van der Waals surface area contributed by atoms with Crippen molar-refractivity contribution in [3.8, 4) is 0 Å². The zero-order valence-corrected chi connectivity index (χ0v) is 16.1. The molecule has 7 heteroatoms. The van der Waals surface area contributed by atoms with E-state index in [4.69, 9.17) is 9.66 Å². The lowest BCUT2D eigenvalue weighted by molar-refractivity contribution is -0.136. The van der Waals surface area contributed by atoms with Gasteiger partial charge in [0.25, 0.3) is 10.1 Å². The Morgan fingerprint density at radius 2 is 1.56 bits per heavy atom. The van der Waals surface area contributed by atoms with Gasteiger partial charge in [-0.25, -0.2) is 0 Å². The molecule has 0 saturated carbocycles. The Morgan fingerprint density at radius 1 is 0.960 bits per heavy atom. The van der Waals surface area contributed by atoms with Crippen LogP contribution < -0.4 is 0 Å². The van der Waals surface area contributed by atoms with E-state index in [1.54, 1.807) is 0 Å². The van der Waals surface area contributed by atoms with E-state index in [1.807, 2.05) is 12.2 Å². The molecule has 25 heavy (non-hydrogen) atoms. The Morgan fingerprint density at radius 3 is 2.16 bits per heavy atom. The van der Waals surface area contributed by atoms with Gasteiger partial charge in [0.05, 0.1) is 6.10 Å². The van der Waals surface area contributed by atoms with Gasteiger partial charge in [-0.05, 0) is 32.1 Å². The predicted molar refractivity (Wildman–Crippen MR) is 99.2 cm³/mol. The van der Waals surface area contributed by atoms with Gasteiger partial charge >= 0.3 is 5.97 Å². The van der Waals surface area contributed by atoms with Gasteiger partial charge in [-0.1, -0.05) is 64.0 Å². The number of aliphatic hydroxyl groups excluding tert-OH is 1. The van der Waals surface area contributed by atoms with Crippen molar-refractivity contribution in [2.24, 2.45) is 0 Å². The summed E-state index contributed by atoms with van der Waals surface area (Å²) in [6.45, 7) is 2.16. The van der Waals surface area contributed by atoms with Crippen molar-refractivity contribution in [2.45, 2.75) is 95.3 Å². The first kappa shape index (κ1) is 24.1. The number of aliphatic carboxylic acids is 1. The van der Waals surface area contributed by atoms with E-state index < -0.39 is 21.3 Å². The van der Waals surface area contributed by atoms with Crippen LogP contribution in [0.2, 0.25) is 0 Å². The van der Waals surface area contributed by atoms with E-state index >= 15 is 0 Å². The monoisotopic (exact) mass is 378 g/mol. The number of carboxylic acid groups (broad SMARTS) is 1. The fourth-order valence-electron chi connectivity index (χ4n) is 2.64. The summed E-state index contributed by atoms with van der Waals surface area (Å²) in [5.74, 6) is -1.50. The molecule has 0 saturated heterocycles. The highest BCUT2D eigenvalue weighted by molar-refractivity contribution is 7.87. The molecular formula is C18H34O6S. The van der Waals surface area contributed by atoms with E-state index in [-0.39, 0.29) is 12.5 Å². The molecular weight excluding hydrogens is 344 g/mol. The Bertz CT molecular complexity index is 472. The molecule has 2 atom stereocenters. The molecule has 148 valence electrons. The van der Waals surface area contributed by atoms with E-state index in [1.165, 1.54) is 19.3 Å². The molecule has 3 N–H and O–H groups in total. The molecule has 0 amide bonds. The first-order valence-corrected chi connectivity index (χ1v) is 10.8. The molecule has 0 aromatic rings. The molecule has 0 aromatic heterocycles. The molecule has 0 aromatic carbocycles. The van der Waals surface area contributed by atoms with Gasteiger partial charge in [0.15, 0.2) is 5.25 Å². The molecule has 0 heterocycles. The van der Waals surface area contributed by atoms with Crippen molar-refractivity contribution in [3.63, 3.8) is 0 Å². The Kier molecular flexibility index (Phi) is 13.7. The standard InChI is InChI=1S/C18H34O6S/c1-2-3-4-10-13-16(19)14-11-8-6-5-7-9-12-15-17(18(20)21)25(22,23)24/h8,11,16-17,19H,2-7,9-10,12-15H2,1H3,(H,20,21)(H,22,23,24)/t16-,17?/m1/s1. The second-order valence-electron chi connectivity index (χ2n) is 6.54. The maximum Gasteiger partial charge on any atom is 0.324 e. The number of aliphatic hydroxyl groups is 1. The van der Waals surface area contributed by atoms with Crippen LogP contribution in [0.25, 0.3) is 0 Å². The largest absolute Gasteiger partial charge is 0.480 e. The first-order chi connectivity index (χ1) is 11.8. The normalized spacial score (nSPS) is 14.7. The number of hydrogen-bond acceptors (Lipinski definition) is 4. The Hall–Kier alpha value is -0.920. The molecule has 0 spiro atoms. The average Bonchev–Trinajstić information content (AvgIpc) is 2.51. The summed E-state index contributed by atoms with van der Waals surface area (Å²) in [6.07, 6.45) is 13.8. The average molecular weight is 379 g/mol. The van der Waals surface area contributed by atoms with Crippen LogP contribution in [0.3, 0.4) is 0 Å². The molecule has 0 aliphatic carbocycles. The Balaban J connectivity index is 3.64. The van der Waals surface area contributed by atoms with Gasteiger partial charge in [-0.2, -0.15) is 8.42 Å². The van der Waals surface area contributed by atoms with E-state index in [0.29, 0.717) is 12.8 Å². The van der Waals surface area contributed by atoms with Gasteiger partial charge in [-0.3, -0.25) is 9.35 Å². The van der Waals surface area contributed by atoms with Crippen LogP contribution in [-0.4, -0.2) is 40.5 Å². The number of carboxylic acids is 1. The molecule has 0 radical (unpaired) electrons. The third-order valence-electron chi connectivity index (χ3n) is 4.19. The van der Waals surface area contributed by atoms with Gasteiger partial charge in [-0.15, -0.1) is 0 Å². The van der Waals surface area contributed by atoms with Gasteiger partial charge in [0, 0.05) is 0 Å². The smallest absolute Gasteiger partial charge is 0.324 e. The quantitative estimate of drug-likeness (QED) is 0.213. The second-order valence-corrected chi connectivity index (χ2v) is 8.14. The van der Waals surface area contributed by atoms with Crippen molar-refractivity contribution in [1.29, 1.82) is 0 Å². The molecule has 1 unspecified atom stereocenters. The maximum atomic E-state index is 10.9. The number of allylic oxidation sites excluding steroid dienone is 1. The molecule has 6 nitrogen and oxygen atoms in total. The fraction of sp³-hybridized carbons (Fsp3) is 0.833. The lowest BCUT2D eigenvalue weighted by Gasteiger charge is -2.08. The van der Waals surface area contributed by atoms with Crippen LogP contribution in [0, 0.1) is 0 Å². The lowest BCUT2D eigenvalue weighted by atomic mass is 10.1. The summed E-state index contributed by atoms with van der Waals surface area (Å²) < 4.78 is 30.7. The van der Waals surface area contributed by atoms with Crippen LogP contribution >= 0.6 is 0 Å². The number of rotatable bonds is 16. The minimum Gasteiger partial charge on any atom is -0.480 e. The van der Waals surface area contributed by atoms with Crippen LogP contribution in [0.1, 0.15) is 84.0 Å². The van der Waals surface area contributed by atoms with Crippen molar-refractivity contribution in [2.75, 3.05) is 0 Å². The highest BCUT2D eigenvalue weighted by Crippen LogP contribution is 2.13. The third-order valence-corrected chi connectivity index (χ3v) is 5.34. The highest BCUT2D eigenvalue weighted by Gasteiger charge is 2.29. The number of carbonyl (C=O) groups is 1. The van der Waals surface area contributed by atoms with E-state index in [0.717, 1.165) is 38.5 Å². The lowest BCUT2D eigenvalue weighted by Crippen LogP contribution is -2.29. The summed E-state index contributed by atoms with van der Waals surface area (Å²) in [6, 6.07) is 0. The predicted octanol–water partition coefficient (Wildman–Crippen LogP) is 3.95. The van der Waals surface area contributed by atoms with Gasteiger partial charge in [0.1, 0.15) is 0 Å². The first-order valence-electron chi connectivity index (χ1n) is 9.31. The number of hydrogen-bond donors (Lipinski definition) is 3. The molecule has 0 aliphatic rings.